The Labute approximate surface area is 109 Å². The minimum atomic E-state index is -1.76. The zero-order chi connectivity index (χ0) is 14.9. The summed E-state index contributed by atoms with van der Waals surface area (Å²) in [5.41, 5.74) is -1.21. The molecule has 0 aliphatic rings. The normalized spacial score (nSPS) is 10.4. The molecule has 0 unspecified atom stereocenters. The zero-order valence-electron chi connectivity index (χ0n) is 9.68. The quantitative estimate of drug-likeness (QED) is 0.663. The van der Waals surface area contributed by atoms with E-state index in [1.54, 1.807) is 0 Å². The molecule has 7 heteroatoms. The molecular weight excluding hydrogens is 281 g/mol. The Kier molecular flexibility index (Phi) is 3.69. The fourth-order valence-electron chi connectivity index (χ4n) is 1.49. The molecule has 2 nitrogen and oxygen atoms in total. The molecule has 2 rings (SSSR count). The lowest BCUT2D eigenvalue weighted by molar-refractivity contribution is 0.102. The number of amides is 1. The summed E-state index contributed by atoms with van der Waals surface area (Å²) in [4.78, 5) is 11.6. The van der Waals surface area contributed by atoms with Gasteiger partial charge in [-0.2, -0.15) is 0 Å². The Hall–Kier alpha value is -2.44. The first-order valence-corrected chi connectivity index (χ1v) is 5.30. The van der Waals surface area contributed by atoms with Crippen molar-refractivity contribution >= 4 is 11.6 Å². The third-order valence-corrected chi connectivity index (χ3v) is 2.46. The van der Waals surface area contributed by atoms with Gasteiger partial charge in [0.2, 0.25) is 0 Å². The molecule has 0 saturated heterocycles. The fourth-order valence-corrected chi connectivity index (χ4v) is 1.49. The van der Waals surface area contributed by atoms with Crippen LogP contribution in [0.5, 0.6) is 0 Å². The molecule has 0 radical (unpaired) electrons. The van der Waals surface area contributed by atoms with Crippen molar-refractivity contribution in [1.29, 1.82) is 0 Å². The van der Waals surface area contributed by atoms with Crippen LogP contribution >= 0.6 is 0 Å². The first-order chi connectivity index (χ1) is 9.40. The topological polar surface area (TPSA) is 29.1 Å². The average Bonchev–Trinajstić information content (AvgIpc) is 2.39. The molecule has 0 aliphatic carbocycles. The van der Waals surface area contributed by atoms with E-state index in [2.05, 4.69) is 0 Å². The van der Waals surface area contributed by atoms with E-state index >= 15 is 0 Å². The third-order valence-electron chi connectivity index (χ3n) is 2.46. The number of nitrogens with one attached hydrogen (secondary N) is 1. The van der Waals surface area contributed by atoms with E-state index in [4.69, 9.17) is 0 Å². The molecule has 2 aromatic carbocycles. The van der Waals surface area contributed by atoms with Gasteiger partial charge in [-0.1, -0.05) is 0 Å². The van der Waals surface area contributed by atoms with Gasteiger partial charge in [0.1, 0.15) is 11.6 Å². The molecule has 0 spiro atoms. The van der Waals surface area contributed by atoms with Crippen LogP contribution in [0.1, 0.15) is 10.4 Å². The number of rotatable bonds is 2. The highest BCUT2D eigenvalue weighted by atomic mass is 19.2. The van der Waals surface area contributed by atoms with Gasteiger partial charge in [-0.3, -0.25) is 4.79 Å². The smallest absolute Gasteiger partial charge is 0.258 e. The summed E-state index contributed by atoms with van der Waals surface area (Å²) in [6.07, 6.45) is 0. The van der Waals surface area contributed by atoms with E-state index in [0.29, 0.717) is 12.1 Å². The van der Waals surface area contributed by atoms with Gasteiger partial charge in [0, 0.05) is 6.07 Å². The second-order valence-corrected chi connectivity index (χ2v) is 3.80. The first kappa shape index (κ1) is 14.0. The van der Waals surface area contributed by atoms with Crippen molar-refractivity contribution in [3.63, 3.8) is 0 Å². The lowest BCUT2D eigenvalue weighted by Gasteiger charge is -2.08. The number of benzene rings is 2. The minimum absolute atomic E-state index is 0.469. The summed E-state index contributed by atoms with van der Waals surface area (Å²) in [5.74, 6) is -7.97. The zero-order valence-corrected chi connectivity index (χ0v) is 9.68. The van der Waals surface area contributed by atoms with Crippen LogP contribution in [0.4, 0.5) is 27.6 Å². The van der Waals surface area contributed by atoms with Gasteiger partial charge in [-0.15, -0.1) is 0 Å². The highest BCUT2D eigenvalue weighted by Gasteiger charge is 2.18. The van der Waals surface area contributed by atoms with Crippen LogP contribution in [-0.2, 0) is 0 Å². The Balaban J connectivity index is 2.30. The van der Waals surface area contributed by atoms with E-state index < -0.39 is 46.2 Å². The Bertz CT molecular complexity index is 687. The van der Waals surface area contributed by atoms with Crippen LogP contribution in [0.2, 0.25) is 0 Å². The Morgan fingerprint density at radius 2 is 1.55 bits per heavy atom. The van der Waals surface area contributed by atoms with E-state index in [1.807, 2.05) is 5.32 Å². The van der Waals surface area contributed by atoms with Crippen molar-refractivity contribution in [1.82, 2.24) is 0 Å². The number of hydrogen-bond acceptors (Lipinski definition) is 1. The van der Waals surface area contributed by atoms with Gasteiger partial charge < -0.3 is 5.32 Å². The van der Waals surface area contributed by atoms with Crippen molar-refractivity contribution in [3.8, 4) is 0 Å². The third kappa shape index (κ3) is 2.61. The number of halogens is 5. The highest BCUT2D eigenvalue weighted by Crippen LogP contribution is 2.21. The molecule has 0 bridgehead atoms. The standard InChI is InChI=1S/C13H6F5NO/c14-6-1-2-7(9(16)5-6)13(20)19-10-4-3-8(15)11(17)12(10)18/h1-5H,(H,19,20). The average molecular weight is 287 g/mol. The maximum Gasteiger partial charge on any atom is 0.258 e. The number of carbonyl (C=O) groups is 1. The highest BCUT2D eigenvalue weighted by molar-refractivity contribution is 6.04. The maximum atomic E-state index is 13.3. The van der Waals surface area contributed by atoms with Gasteiger partial charge in [-0.25, -0.2) is 22.0 Å². The molecule has 2 aromatic rings. The fraction of sp³-hybridized carbons (Fsp3) is 0. The van der Waals surface area contributed by atoms with Crippen molar-refractivity contribution < 1.29 is 26.7 Å². The molecule has 0 aromatic heterocycles. The Morgan fingerprint density at radius 3 is 2.20 bits per heavy atom. The predicted molar refractivity (Wildman–Crippen MR) is 60.6 cm³/mol. The summed E-state index contributed by atoms with van der Waals surface area (Å²) in [6, 6.07) is 3.54. The molecule has 1 amide bonds. The van der Waals surface area contributed by atoms with Gasteiger partial charge >= 0.3 is 0 Å². The lowest BCUT2D eigenvalue weighted by Crippen LogP contribution is -2.15. The number of anilines is 1. The van der Waals surface area contributed by atoms with E-state index in [9.17, 15) is 26.7 Å². The number of carbonyl (C=O) groups excluding carboxylic acids is 1. The SMILES string of the molecule is O=C(Nc1ccc(F)c(F)c1F)c1ccc(F)cc1F. The van der Waals surface area contributed by atoms with E-state index in [-0.39, 0.29) is 0 Å². The maximum absolute atomic E-state index is 13.3. The van der Waals surface area contributed by atoms with Crippen LogP contribution in [0.15, 0.2) is 30.3 Å². The molecule has 1 N–H and O–H groups in total. The molecule has 0 aliphatic heterocycles. The molecule has 0 atom stereocenters. The lowest BCUT2D eigenvalue weighted by atomic mass is 10.2. The molecular formula is C13H6F5NO. The Morgan fingerprint density at radius 1 is 0.850 bits per heavy atom. The first-order valence-electron chi connectivity index (χ1n) is 5.30. The van der Waals surface area contributed by atoms with Gasteiger partial charge in [0.15, 0.2) is 17.5 Å². The summed E-state index contributed by atoms with van der Waals surface area (Å²) in [7, 11) is 0. The van der Waals surface area contributed by atoms with Gasteiger partial charge in [0.05, 0.1) is 11.3 Å². The van der Waals surface area contributed by atoms with Crippen molar-refractivity contribution in [2.75, 3.05) is 5.32 Å². The summed E-state index contributed by atoms with van der Waals surface area (Å²) >= 11 is 0. The molecule has 20 heavy (non-hydrogen) atoms. The van der Waals surface area contributed by atoms with Crippen LogP contribution in [0.3, 0.4) is 0 Å². The van der Waals surface area contributed by atoms with E-state index in [0.717, 1.165) is 18.2 Å². The van der Waals surface area contributed by atoms with Crippen LogP contribution in [-0.4, -0.2) is 5.91 Å². The molecule has 104 valence electrons. The largest absolute Gasteiger partial charge is 0.319 e. The van der Waals surface area contributed by atoms with Crippen molar-refractivity contribution in [3.05, 3.63) is 65.0 Å². The second-order valence-electron chi connectivity index (χ2n) is 3.80. The summed E-state index contributed by atoms with van der Waals surface area (Å²) in [5, 5.41) is 1.87. The van der Waals surface area contributed by atoms with Crippen LogP contribution < -0.4 is 5.32 Å². The number of hydrogen-bond donors (Lipinski definition) is 1. The van der Waals surface area contributed by atoms with Gasteiger partial charge in [0.25, 0.3) is 5.91 Å². The molecule has 0 saturated carbocycles. The van der Waals surface area contributed by atoms with Crippen molar-refractivity contribution in [2.24, 2.45) is 0 Å². The van der Waals surface area contributed by atoms with E-state index in [1.165, 1.54) is 0 Å². The van der Waals surface area contributed by atoms with Crippen LogP contribution in [0.25, 0.3) is 0 Å². The van der Waals surface area contributed by atoms with Crippen molar-refractivity contribution in [2.45, 2.75) is 0 Å². The summed E-state index contributed by atoms with van der Waals surface area (Å²) < 4.78 is 65.0. The minimum Gasteiger partial charge on any atom is -0.319 e. The summed E-state index contributed by atoms with van der Waals surface area (Å²) in [6.45, 7) is 0. The second kappa shape index (κ2) is 5.28. The monoisotopic (exact) mass is 287 g/mol. The molecule has 0 heterocycles. The van der Waals surface area contributed by atoms with Gasteiger partial charge in [-0.05, 0) is 24.3 Å². The van der Waals surface area contributed by atoms with Crippen LogP contribution in [0, 0.1) is 29.1 Å². The predicted octanol–water partition coefficient (Wildman–Crippen LogP) is 3.63. The molecule has 0 fully saturated rings.